The Morgan fingerprint density at radius 1 is 1.86 bits per heavy atom. The van der Waals surface area contributed by atoms with Crippen molar-refractivity contribution in [2.24, 2.45) is 5.73 Å². The Labute approximate surface area is 42.0 Å². The van der Waals surface area contributed by atoms with Crippen molar-refractivity contribution < 1.29 is 4.79 Å². The number of carbonyl (C=O) groups is 1. The fraction of sp³-hybridized carbons (Fsp3) is 0. The summed E-state index contributed by atoms with van der Waals surface area (Å²) in [4.78, 5) is 9.80. The summed E-state index contributed by atoms with van der Waals surface area (Å²) in [6.45, 7) is 0. The van der Waals surface area contributed by atoms with Gasteiger partial charge in [-0.15, -0.1) is 6.42 Å². The van der Waals surface area contributed by atoms with Crippen LogP contribution >= 0.6 is 0 Å². The van der Waals surface area contributed by atoms with E-state index in [1.165, 1.54) is 6.08 Å². The number of carbonyl (C=O) groups excluding carboxylic acids is 1. The van der Waals surface area contributed by atoms with Gasteiger partial charge in [-0.3, -0.25) is 4.79 Å². The largest absolute Gasteiger partial charge is 0.366 e. The minimum absolute atomic E-state index is 0.516. The van der Waals surface area contributed by atoms with Crippen molar-refractivity contribution in [3.05, 3.63) is 12.2 Å². The topological polar surface area (TPSA) is 43.1 Å². The molecule has 2 nitrogen and oxygen atoms in total. The number of amides is 1. The zero-order chi connectivity index (χ0) is 5.70. The van der Waals surface area contributed by atoms with Crippen LogP contribution in [0.4, 0.5) is 0 Å². The summed E-state index contributed by atoms with van der Waals surface area (Å²) < 4.78 is 0. The Kier molecular flexibility index (Phi) is 2.46. The van der Waals surface area contributed by atoms with Gasteiger partial charge >= 0.3 is 0 Å². The van der Waals surface area contributed by atoms with Crippen molar-refractivity contribution >= 4 is 5.91 Å². The first kappa shape index (κ1) is 5.77. The molecule has 0 aromatic heterocycles. The Morgan fingerprint density at radius 2 is 2.43 bits per heavy atom. The molecular weight excluding hydrogens is 90.1 g/mol. The van der Waals surface area contributed by atoms with Gasteiger partial charge in [0.05, 0.1) is 0 Å². The average molecular weight is 95.1 g/mol. The fourth-order valence-electron chi connectivity index (χ4n) is 0.130. The van der Waals surface area contributed by atoms with Gasteiger partial charge in [0.25, 0.3) is 0 Å². The molecule has 1 amide bonds. The average Bonchev–Trinajstić information content (AvgIpc) is 1.61. The van der Waals surface area contributed by atoms with E-state index in [-0.39, 0.29) is 0 Å². The first-order valence-electron chi connectivity index (χ1n) is 1.69. The van der Waals surface area contributed by atoms with Gasteiger partial charge in [0.1, 0.15) is 0 Å². The Hall–Kier alpha value is -1.23. The predicted octanol–water partition coefficient (Wildman–Crippen LogP) is -0.339. The molecule has 2 N–H and O–H groups in total. The molecule has 0 bridgehead atoms. The number of primary amides is 1. The molecule has 0 spiro atoms. The highest BCUT2D eigenvalue weighted by atomic mass is 16.1. The van der Waals surface area contributed by atoms with E-state index in [4.69, 9.17) is 6.42 Å². The van der Waals surface area contributed by atoms with E-state index in [1.807, 2.05) is 0 Å². The van der Waals surface area contributed by atoms with E-state index >= 15 is 0 Å². The molecule has 0 fully saturated rings. The number of nitrogens with two attached hydrogens (primary N) is 1. The van der Waals surface area contributed by atoms with Gasteiger partial charge in [0, 0.05) is 6.08 Å². The van der Waals surface area contributed by atoms with E-state index in [0.29, 0.717) is 0 Å². The molecule has 0 atom stereocenters. The second-order valence-corrected chi connectivity index (χ2v) is 0.902. The van der Waals surface area contributed by atoms with Gasteiger partial charge in [-0.1, -0.05) is 5.92 Å². The molecule has 0 saturated heterocycles. The molecule has 0 aromatic rings. The molecule has 0 aromatic carbocycles. The van der Waals surface area contributed by atoms with Crippen LogP contribution in [-0.4, -0.2) is 5.91 Å². The lowest BCUT2D eigenvalue weighted by molar-refractivity contribution is -0.113. The molecule has 0 aliphatic rings. The van der Waals surface area contributed by atoms with Crippen molar-refractivity contribution in [1.82, 2.24) is 0 Å². The van der Waals surface area contributed by atoms with E-state index in [1.54, 1.807) is 0 Å². The zero-order valence-corrected chi connectivity index (χ0v) is 3.72. The van der Waals surface area contributed by atoms with Gasteiger partial charge in [0.15, 0.2) is 0 Å². The SMILES string of the molecule is C#C/C=C/C(N)=O. The monoisotopic (exact) mass is 95.0 g/mol. The van der Waals surface area contributed by atoms with Crippen LogP contribution in [-0.2, 0) is 4.79 Å². The number of terminal acetylenes is 1. The first-order valence-corrected chi connectivity index (χ1v) is 1.69. The van der Waals surface area contributed by atoms with Crippen LogP contribution in [0.1, 0.15) is 0 Å². The third-order valence-electron chi connectivity index (χ3n) is 0.344. The summed E-state index contributed by atoms with van der Waals surface area (Å²) in [5, 5.41) is 0. The summed E-state index contributed by atoms with van der Waals surface area (Å²) in [7, 11) is 0. The second-order valence-electron chi connectivity index (χ2n) is 0.902. The van der Waals surface area contributed by atoms with Crippen LogP contribution in [0.2, 0.25) is 0 Å². The molecule has 36 valence electrons. The van der Waals surface area contributed by atoms with Crippen LogP contribution in [0.5, 0.6) is 0 Å². The normalized spacial score (nSPS) is 8.43. The first-order chi connectivity index (χ1) is 3.27. The quantitative estimate of drug-likeness (QED) is 0.351. The standard InChI is InChI=1S/C5H5NO/c1-2-3-4-5(6)7/h1,3-4H,(H2,6,7)/b4-3+. The molecular formula is C5H5NO. The molecule has 0 aliphatic carbocycles. The second kappa shape index (κ2) is 2.98. The summed E-state index contributed by atoms with van der Waals surface area (Å²) in [5.41, 5.74) is 4.66. The lowest BCUT2D eigenvalue weighted by Gasteiger charge is -1.70. The lowest BCUT2D eigenvalue weighted by Crippen LogP contribution is -2.04. The summed E-state index contributed by atoms with van der Waals surface area (Å²) in [6.07, 6.45) is 7.11. The molecule has 0 saturated carbocycles. The van der Waals surface area contributed by atoms with Crippen molar-refractivity contribution in [2.45, 2.75) is 0 Å². The number of rotatable bonds is 1. The van der Waals surface area contributed by atoms with Crippen molar-refractivity contribution in [2.75, 3.05) is 0 Å². The zero-order valence-electron chi connectivity index (χ0n) is 3.72. The van der Waals surface area contributed by atoms with Crippen molar-refractivity contribution in [1.29, 1.82) is 0 Å². The Bertz CT molecular complexity index is 130. The van der Waals surface area contributed by atoms with Crippen LogP contribution in [0.25, 0.3) is 0 Å². The molecule has 2 heteroatoms. The maximum absolute atomic E-state index is 9.80. The molecule has 0 heterocycles. The number of hydrogen-bond acceptors (Lipinski definition) is 1. The highest BCUT2D eigenvalue weighted by Gasteiger charge is 1.74. The van der Waals surface area contributed by atoms with Gasteiger partial charge in [-0.05, 0) is 6.08 Å². The van der Waals surface area contributed by atoms with Crippen LogP contribution in [0.15, 0.2) is 12.2 Å². The highest BCUT2D eigenvalue weighted by molar-refractivity contribution is 5.86. The smallest absolute Gasteiger partial charge is 0.242 e. The maximum atomic E-state index is 9.80. The Morgan fingerprint density at radius 3 is 2.57 bits per heavy atom. The third-order valence-corrected chi connectivity index (χ3v) is 0.344. The maximum Gasteiger partial charge on any atom is 0.242 e. The Balaban J connectivity index is 3.53. The van der Waals surface area contributed by atoms with Crippen LogP contribution in [0, 0.1) is 12.3 Å². The van der Waals surface area contributed by atoms with E-state index in [0.717, 1.165) is 6.08 Å². The van der Waals surface area contributed by atoms with Gasteiger partial charge in [0.2, 0.25) is 5.91 Å². The predicted molar refractivity (Wildman–Crippen MR) is 27.2 cm³/mol. The molecule has 0 unspecified atom stereocenters. The number of allylic oxidation sites excluding steroid dienone is 1. The van der Waals surface area contributed by atoms with E-state index in [9.17, 15) is 4.79 Å². The minimum atomic E-state index is -0.516. The number of hydrogen-bond donors (Lipinski definition) is 1. The fourth-order valence-corrected chi connectivity index (χ4v) is 0.130. The van der Waals surface area contributed by atoms with E-state index in [2.05, 4.69) is 11.7 Å². The lowest BCUT2D eigenvalue weighted by atomic mass is 10.5. The molecule has 7 heavy (non-hydrogen) atoms. The molecule has 0 radical (unpaired) electrons. The summed E-state index contributed by atoms with van der Waals surface area (Å²) in [5.74, 6) is 1.60. The van der Waals surface area contributed by atoms with Gasteiger partial charge in [-0.2, -0.15) is 0 Å². The molecule has 0 aliphatic heterocycles. The highest BCUT2D eigenvalue weighted by Crippen LogP contribution is 1.62. The van der Waals surface area contributed by atoms with Gasteiger partial charge < -0.3 is 5.73 Å². The van der Waals surface area contributed by atoms with Crippen molar-refractivity contribution in [3.63, 3.8) is 0 Å². The minimum Gasteiger partial charge on any atom is -0.366 e. The van der Waals surface area contributed by atoms with Crippen molar-refractivity contribution in [3.8, 4) is 12.3 Å². The summed E-state index contributed by atoms with van der Waals surface area (Å²) in [6, 6.07) is 0. The van der Waals surface area contributed by atoms with Crippen LogP contribution in [0.3, 0.4) is 0 Å². The van der Waals surface area contributed by atoms with E-state index < -0.39 is 5.91 Å². The third kappa shape index (κ3) is 4.77. The van der Waals surface area contributed by atoms with Gasteiger partial charge in [-0.25, -0.2) is 0 Å². The summed E-state index contributed by atoms with van der Waals surface area (Å²) >= 11 is 0. The molecule has 0 rings (SSSR count). The van der Waals surface area contributed by atoms with Crippen LogP contribution < -0.4 is 5.73 Å².